The van der Waals surface area contributed by atoms with Gasteiger partial charge in [-0.25, -0.2) is 0 Å². The van der Waals surface area contributed by atoms with Crippen molar-refractivity contribution in [2.75, 3.05) is 6.54 Å². The van der Waals surface area contributed by atoms with Gasteiger partial charge in [-0.05, 0) is 62.4 Å². The summed E-state index contributed by atoms with van der Waals surface area (Å²) in [6.45, 7) is 11.2. The fraction of sp³-hybridized carbons (Fsp3) is 0.429. The highest BCUT2D eigenvalue weighted by Crippen LogP contribution is 2.25. The zero-order chi connectivity index (χ0) is 11.6. The molecular weight excluding hydrogens is 182 g/mol. The van der Waals surface area contributed by atoms with Crippen molar-refractivity contribution >= 4 is 0 Å². The standard InChI is InChI=1S/C14H19N/c1-9-10(2)12(4)14(7-6-8-15)13(5)11(9)3/h8,15H2,1-5H3. The van der Waals surface area contributed by atoms with Crippen molar-refractivity contribution in [3.8, 4) is 11.8 Å². The molecule has 0 saturated carbocycles. The lowest BCUT2D eigenvalue weighted by atomic mass is 9.90. The number of rotatable bonds is 0. The van der Waals surface area contributed by atoms with Crippen LogP contribution in [0.4, 0.5) is 0 Å². The van der Waals surface area contributed by atoms with Crippen LogP contribution in [0.3, 0.4) is 0 Å². The number of hydrogen-bond donors (Lipinski definition) is 1. The van der Waals surface area contributed by atoms with Crippen molar-refractivity contribution in [2.24, 2.45) is 5.73 Å². The van der Waals surface area contributed by atoms with E-state index in [-0.39, 0.29) is 0 Å². The predicted octanol–water partition coefficient (Wildman–Crippen LogP) is 2.54. The van der Waals surface area contributed by atoms with Crippen LogP contribution in [0.1, 0.15) is 33.4 Å². The van der Waals surface area contributed by atoms with Gasteiger partial charge in [0.05, 0.1) is 6.54 Å². The summed E-state index contributed by atoms with van der Waals surface area (Å²) >= 11 is 0. The van der Waals surface area contributed by atoms with Crippen molar-refractivity contribution in [1.82, 2.24) is 0 Å². The Labute approximate surface area is 92.7 Å². The van der Waals surface area contributed by atoms with Crippen LogP contribution in [0.25, 0.3) is 0 Å². The maximum absolute atomic E-state index is 5.41. The van der Waals surface area contributed by atoms with E-state index in [0.717, 1.165) is 5.56 Å². The van der Waals surface area contributed by atoms with Gasteiger partial charge in [0.15, 0.2) is 0 Å². The molecular formula is C14H19N. The van der Waals surface area contributed by atoms with Crippen molar-refractivity contribution in [3.05, 3.63) is 33.4 Å². The lowest BCUT2D eigenvalue weighted by Crippen LogP contribution is -2.00. The molecule has 0 aromatic heterocycles. The van der Waals surface area contributed by atoms with E-state index < -0.39 is 0 Å². The van der Waals surface area contributed by atoms with Crippen molar-refractivity contribution < 1.29 is 0 Å². The SMILES string of the molecule is Cc1c(C)c(C)c(C#CCN)c(C)c1C. The van der Waals surface area contributed by atoms with E-state index in [1.165, 1.54) is 27.8 Å². The molecule has 0 spiro atoms. The molecule has 1 rings (SSSR count). The van der Waals surface area contributed by atoms with Gasteiger partial charge in [0.2, 0.25) is 0 Å². The van der Waals surface area contributed by atoms with Gasteiger partial charge in [0.1, 0.15) is 0 Å². The summed E-state index contributed by atoms with van der Waals surface area (Å²) in [4.78, 5) is 0. The summed E-state index contributed by atoms with van der Waals surface area (Å²) in [5, 5.41) is 0. The molecule has 1 heteroatoms. The van der Waals surface area contributed by atoms with Gasteiger partial charge in [0.25, 0.3) is 0 Å². The second-order valence-electron chi connectivity index (χ2n) is 4.01. The summed E-state index contributed by atoms with van der Waals surface area (Å²) in [7, 11) is 0. The molecule has 2 N–H and O–H groups in total. The van der Waals surface area contributed by atoms with Crippen LogP contribution in [-0.2, 0) is 0 Å². The molecule has 0 aliphatic carbocycles. The van der Waals surface area contributed by atoms with Crippen molar-refractivity contribution in [2.45, 2.75) is 34.6 Å². The average Bonchev–Trinajstić information content (AvgIpc) is 2.24. The molecule has 1 aromatic rings. The highest BCUT2D eigenvalue weighted by Gasteiger charge is 2.09. The van der Waals surface area contributed by atoms with Gasteiger partial charge in [-0.1, -0.05) is 11.8 Å². The Kier molecular flexibility index (Phi) is 3.55. The minimum absolute atomic E-state index is 0.421. The molecule has 0 saturated heterocycles. The molecule has 1 aromatic carbocycles. The largest absolute Gasteiger partial charge is 0.320 e. The Morgan fingerprint density at radius 1 is 0.800 bits per heavy atom. The fourth-order valence-corrected chi connectivity index (χ4v) is 1.83. The molecule has 0 bridgehead atoms. The van der Waals surface area contributed by atoms with Crippen LogP contribution >= 0.6 is 0 Å². The van der Waals surface area contributed by atoms with Gasteiger partial charge >= 0.3 is 0 Å². The molecule has 80 valence electrons. The fourth-order valence-electron chi connectivity index (χ4n) is 1.83. The van der Waals surface area contributed by atoms with Crippen LogP contribution in [0.5, 0.6) is 0 Å². The van der Waals surface area contributed by atoms with Crippen molar-refractivity contribution in [1.29, 1.82) is 0 Å². The van der Waals surface area contributed by atoms with E-state index >= 15 is 0 Å². The first-order valence-electron chi connectivity index (χ1n) is 5.26. The summed E-state index contributed by atoms with van der Waals surface area (Å²) in [6.07, 6.45) is 0. The lowest BCUT2D eigenvalue weighted by molar-refractivity contribution is 1.16. The number of nitrogens with two attached hydrogens (primary N) is 1. The first kappa shape index (κ1) is 11.8. The van der Waals surface area contributed by atoms with Crippen LogP contribution in [0.2, 0.25) is 0 Å². The molecule has 15 heavy (non-hydrogen) atoms. The molecule has 1 nitrogen and oxygen atoms in total. The quantitative estimate of drug-likeness (QED) is 0.641. The third kappa shape index (κ3) is 2.06. The van der Waals surface area contributed by atoms with Crippen molar-refractivity contribution in [3.63, 3.8) is 0 Å². The third-order valence-electron chi connectivity index (χ3n) is 3.32. The predicted molar refractivity (Wildman–Crippen MR) is 66.1 cm³/mol. The molecule has 0 atom stereocenters. The van der Waals surface area contributed by atoms with Gasteiger partial charge in [-0.2, -0.15) is 0 Å². The van der Waals surface area contributed by atoms with Gasteiger partial charge in [-0.15, -0.1) is 0 Å². The summed E-state index contributed by atoms with van der Waals surface area (Å²) in [5.74, 6) is 6.11. The molecule has 0 amide bonds. The molecule has 0 radical (unpaired) electrons. The number of benzene rings is 1. The maximum atomic E-state index is 5.41. The van der Waals surface area contributed by atoms with E-state index in [2.05, 4.69) is 46.5 Å². The zero-order valence-electron chi connectivity index (χ0n) is 10.3. The Morgan fingerprint density at radius 3 is 1.60 bits per heavy atom. The Balaban J connectivity index is 3.52. The average molecular weight is 201 g/mol. The summed E-state index contributed by atoms with van der Waals surface area (Å²) < 4.78 is 0. The lowest BCUT2D eigenvalue weighted by Gasteiger charge is -2.14. The van der Waals surface area contributed by atoms with Gasteiger partial charge in [-0.3, -0.25) is 0 Å². The van der Waals surface area contributed by atoms with Crippen LogP contribution in [0.15, 0.2) is 0 Å². The number of hydrogen-bond acceptors (Lipinski definition) is 1. The molecule has 0 unspecified atom stereocenters. The maximum Gasteiger partial charge on any atom is 0.0555 e. The normalized spacial score (nSPS) is 9.73. The highest BCUT2D eigenvalue weighted by atomic mass is 14.5. The summed E-state index contributed by atoms with van der Waals surface area (Å²) in [6, 6.07) is 0. The zero-order valence-corrected chi connectivity index (χ0v) is 10.3. The smallest absolute Gasteiger partial charge is 0.0555 e. The first-order valence-corrected chi connectivity index (χ1v) is 5.26. The minimum atomic E-state index is 0.421. The Hall–Kier alpha value is -1.26. The van der Waals surface area contributed by atoms with Gasteiger partial charge in [0, 0.05) is 5.56 Å². The Morgan fingerprint density at radius 2 is 1.20 bits per heavy atom. The summed E-state index contributed by atoms with van der Waals surface area (Å²) in [5.41, 5.74) is 13.2. The second-order valence-corrected chi connectivity index (χ2v) is 4.01. The third-order valence-corrected chi connectivity index (χ3v) is 3.32. The first-order chi connectivity index (χ1) is 7.00. The molecule has 0 aliphatic rings. The van der Waals surface area contributed by atoms with E-state index in [0.29, 0.717) is 6.54 Å². The Bertz CT molecular complexity index is 416. The molecule has 0 fully saturated rings. The van der Waals surface area contributed by atoms with E-state index in [9.17, 15) is 0 Å². The monoisotopic (exact) mass is 201 g/mol. The molecule has 0 heterocycles. The van der Waals surface area contributed by atoms with Crippen LogP contribution in [0, 0.1) is 46.5 Å². The van der Waals surface area contributed by atoms with Crippen LogP contribution < -0.4 is 5.73 Å². The molecule has 0 aliphatic heterocycles. The highest BCUT2D eigenvalue weighted by molar-refractivity contribution is 5.56. The van der Waals surface area contributed by atoms with Gasteiger partial charge < -0.3 is 5.73 Å². The second kappa shape index (κ2) is 4.51. The van der Waals surface area contributed by atoms with E-state index in [1.807, 2.05) is 0 Å². The van der Waals surface area contributed by atoms with E-state index in [1.54, 1.807) is 0 Å². The van der Waals surface area contributed by atoms with E-state index in [4.69, 9.17) is 5.73 Å². The minimum Gasteiger partial charge on any atom is -0.320 e. The van der Waals surface area contributed by atoms with Crippen LogP contribution in [-0.4, -0.2) is 6.54 Å². The topological polar surface area (TPSA) is 26.0 Å².